The Bertz CT molecular complexity index is 427. The average molecular weight is 256 g/mol. The first-order chi connectivity index (χ1) is 7.94. The van der Waals surface area contributed by atoms with Gasteiger partial charge in [-0.2, -0.15) is 5.26 Å². The highest BCUT2D eigenvalue weighted by Gasteiger charge is 2.16. The summed E-state index contributed by atoms with van der Waals surface area (Å²) in [5.74, 6) is -0.267. The van der Waals surface area contributed by atoms with Crippen molar-refractivity contribution in [2.45, 2.75) is 30.2 Å². The fraction of sp³-hybridized carbons (Fsp3) is 0.417. The molecule has 0 bridgehead atoms. The van der Waals surface area contributed by atoms with Gasteiger partial charge in [-0.3, -0.25) is 0 Å². The number of rotatable bonds is 5. The monoisotopic (exact) mass is 256 g/mol. The minimum absolute atomic E-state index is 0.292. The highest BCUT2D eigenvalue weighted by atomic mass is 32.2. The number of halogens is 2. The van der Waals surface area contributed by atoms with Crippen molar-refractivity contribution in [1.29, 1.82) is 5.26 Å². The molecule has 2 nitrogen and oxygen atoms in total. The number of nitrogens with two attached hydrogens (primary N) is 1. The summed E-state index contributed by atoms with van der Waals surface area (Å²) in [5.41, 5.74) is 4.80. The summed E-state index contributed by atoms with van der Waals surface area (Å²) >= 11 is 1.23. The molecule has 0 fully saturated rings. The van der Waals surface area contributed by atoms with Crippen LogP contribution in [0.25, 0.3) is 0 Å². The molecule has 1 aromatic carbocycles. The molecule has 0 aromatic heterocycles. The molecule has 0 amide bonds. The molecule has 2 N–H and O–H groups in total. The Kier molecular flexibility index (Phi) is 4.91. The maximum absolute atomic E-state index is 13.2. The minimum atomic E-state index is -0.846. The molecule has 1 unspecified atom stereocenters. The van der Waals surface area contributed by atoms with Crippen LogP contribution in [0.1, 0.15) is 19.8 Å². The predicted octanol–water partition coefficient (Wildman–Crippen LogP) is 3.08. The maximum Gasteiger partial charge on any atom is 0.136 e. The lowest BCUT2D eigenvalue weighted by Gasteiger charge is -2.14. The van der Waals surface area contributed by atoms with Gasteiger partial charge in [0, 0.05) is 4.90 Å². The van der Waals surface area contributed by atoms with E-state index in [1.54, 1.807) is 6.92 Å². The van der Waals surface area contributed by atoms with Crippen molar-refractivity contribution in [2.24, 2.45) is 5.73 Å². The van der Waals surface area contributed by atoms with Gasteiger partial charge in [0.1, 0.15) is 17.2 Å². The number of benzene rings is 1. The van der Waals surface area contributed by atoms with E-state index < -0.39 is 17.2 Å². The van der Waals surface area contributed by atoms with Crippen LogP contribution in [0.5, 0.6) is 0 Å². The summed E-state index contributed by atoms with van der Waals surface area (Å²) in [6.07, 6.45) is 1.22. The quantitative estimate of drug-likeness (QED) is 0.650. The van der Waals surface area contributed by atoms with Crippen molar-refractivity contribution in [3.8, 4) is 6.07 Å². The fourth-order valence-electron chi connectivity index (χ4n) is 1.27. The standard InChI is InChI=1S/C12H14F2N2S/c1-12(16,8-15)5-2-6-17-11-7-9(13)3-4-10(11)14/h3-4,7H,2,5-6,16H2,1H3. The Morgan fingerprint density at radius 2 is 2.18 bits per heavy atom. The molecule has 0 saturated heterocycles. The van der Waals surface area contributed by atoms with Gasteiger partial charge in [-0.15, -0.1) is 11.8 Å². The zero-order valence-corrected chi connectivity index (χ0v) is 10.4. The lowest BCUT2D eigenvalue weighted by atomic mass is 10.0. The highest BCUT2D eigenvalue weighted by molar-refractivity contribution is 7.99. The van der Waals surface area contributed by atoms with Gasteiger partial charge < -0.3 is 5.73 Å². The van der Waals surface area contributed by atoms with Crippen LogP contribution in [0.15, 0.2) is 23.1 Å². The molecule has 0 aliphatic rings. The van der Waals surface area contributed by atoms with Crippen LogP contribution >= 0.6 is 11.8 Å². The Balaban J connectivity index is 2.42. The molecule has 5 heteroatoms. The molecule has 1 aromatic rings. The largest absolute Gasteiger partial charge is 0.314 e. The SMILES string of the molecule is CC(N)(C#N)CCCSc1cc(F)ccc1F. The van der Waals surface area contributed by atoms with Gasteiger partial charge in [0.05, 0.1) is 6.07 Å². The van der Waals surface area contributed by atoms with Crippen LogP contribution in [-0.2, 0) is 0 Å². The summed E-state index contributed by atoms with van der Waals surface area (Å²) in [6.45, 7) is 1.65. The number of hydrogen-bond acceptors (Lipinski definition) is 3. The molecule has 0 spiro atoms. The van der Waals surface area contributed by atoms with Crippen LogP contribution in [-0.4, -0.2) is 11.3 Å². The normalized spacial score (nSPS) is 14.1. The van der Waals surface area contributed by atoms with Crippen molar-refractivity contribution < 1.29 is 8.78 Å². The van der Waals surface area contributed by atoms with Crippen LogP contribution in [0.2, 0.25) is 0 Å². The van der Waals surface area contributed by atoms with Crippen LogP contribution in [0.3, 0.4) is 0 Å². The second-order valence-corrected chi connectivity index (χ2v) is 5.19. The third-order valence-corrected chi connectivity index (χ3v) is 3.36. The van der Waals surface area contributed by atoms with E-state index in [9.17, 15) is 8.78 Å². The second-order valence-electron chi connectivity index (χ2n) is 4.06. The third-order valence-electron chi connectivity index (χ3n) is 2.25. The van der Waals surface area contributed by atoms with Gasteiger partial charge in [-0.25, -0.2) is 8.78 Å². The van der Waals surface area contributed by atoms with Gasteiger partial charge in [0.15, 0.2) is 0 Å². The summed E-state index contributed by atoms with van der Waals surface area (Å²) < 4.78 is 26.1. The van der Waals surface area contributed by atoms with Crippen molar-refractivity contribution >= 4 is 11.8 Å². The molecular weight excluding hydrogens is 242 g/mol. The first-order valence-corrected chi connectivity index (χ1v) is 6.21. The zero-order valence-electron chi connectivity index (χ0n) is 9.54. The van der Waals surface area contributed by atoms with Crippen LogP contribution in [0.4, 0.5) is 8.78 Å². The van der Waals surface area contributed by atoms with Crippen molar-refractivity contribution in [3.05, 3.63) is 29.8 Å². The Hall–Kier alpha value is -1.12. The van der Waals surface area contributed by atoms with E-state index in [0.717, 1.165) is 12.1 Å². The van der Waals surface area contributed by atoms with Gasteiger partial charge in [0.25, 0.3) is 0 Å². The van der Waals surface area contributed by atoms with Crippen LogP contribution < -0.4 is 5.73 Å². The number of hydrogen-bond donors (Lipinski definition) is 1. The first-order valence-electron chi connectivity index (χ1n) is 5.22. The lowest BCUT2D eigenvalue weighted by molar-refractivity contribution is 0.540. The molecule has 0 aliphatic heterocycles. The van der Waals surface area contributed by atoms with Gasteiger partial charge >= 0.3 is 0 Å². The molecular formula is C12H14F2N2S. The predicted molar refractivity (Wildman–Crippen MR) is 64.5 cm³/mol. The first kappa shape index (κ1) is 13.9. The fourth-order valence-corrected chi connectivity index (χ4v) is 2.18. The van der Waals surface area contributed by atoms with Gasteiger partial charge in [-0.05, 0) is 43.7 Å². The van der Waals surface area contributed by atoms with E-state index in [4.69, 9.17) is 11.0 Å². The smallest absolute Gasteiger partial charge is 0.136 e. The topological polar surface area (TPSA) is 49.8 Å². The average Bonchev–Trinajstić information content (AvgIpc) is 2.29. The van der Waals surface area contributed by atoms with E-state index in [1.807, 2.05) is 6.07 Å². The molecule has 92 valence electrons. The van der Waals surface area contributed by atoms with Crippen molar-refractivity contribution in [1.82, 2.24) is 0 Å². The summed E-state index contributed by atoms with van der Waals surface area (Å²) in [6, 6.07) is 5.37. The second kappa shape index (κ2) is 5.99. The van der Waals surface area contributed by atoms with Crippen LogP contribution in [0, 0.1) is 23.0 Å². The summed E-state index contributed by atoms with van der Waals surface area (Å²) in [5, 5.41) is 8.70. The molecule has 0 saturated carbocycles. The molecule has 0 heterocycles. The molecule has 17 heavy (non-hydrogen) atoms. The molecule has 0 aliphatic carbocycles. The summed E-state index contributed by atoms with van der Waals surface area (Å²) in [4.78, 5) is 0.292. The van der Waals surface area contributed by atoms with E-state index in [2.05, 4.69) is 0 Å². The van der Waals surface area contributed by atoms with Gasteiger partial charge in [-0.1, -0.05) is 0 Å². The maximum atomic E-state index is 13.2. The summed E-state index contributed by atoms with van der Waals surface area (Å²) in [7, 11) is 0. The highest BCUT2D eigenvalue weighted by Crippen LogP contribution is 2.24. The number of nitriles is 1. The number of nitrogens with zero attached hydrogens (tertiary/aromatic N) is 1. The molecule has 0 radical (unpaired) electrons. The Labute approximate surface area is 104 Å². The Morgan fingerprint density at radius 1 is 1.47 bits per heavy atom. The molecule has 1 atom stereocenters. The van der Waals surface area contributed by atoms with E-state index >= 15 is 0 Å². The van der Waals surface area contributed by atoms with Crippen molar-refractivity contribution in [3.63, 3.8) is 0 Å². The third kappa shape index (κ3) is 4.72. The van der Waals surface area contributed by atoms with E-state index in [1.165, 1.54) is 17.8 Å². The molecule has 1 rings (SSSR count). The van der Waals surface area contributed by atoms with Gasteiger partial charge in [0.2, 0.25) is 0 Å². The minimum Gasteiger partial charge on any atom is -0.314 e. The Morgan fingerprint density at radius 3 is 2.82 bits per heavy atom. The van der Waals surface area contributed by atoms with E-state index in [0.29, 0.717) is 23.5 Å². The van der Waals surface area contributed by atoms with Crippen molar-refractivity contribution in [2.75, 3.05) is 5.75 Å². The number of thioether (sulfide) groups is 1. The van der Waals surface area contributed by atoms with E-state index in [-0.39, 0.29) is 0 Å². The lowest BCUT2D eigenvalue weighted by Crippen LogP contribution is -2.33. The zero-order chi connectivity index (χ0) is 12.9.